The van der Waals surface area contributed by atoms with Gasteiger partial charge in [-0.1, -0.05) is 6.07 Å². The average molecular weight is 288 g/mol. The van der Waals surface area contributed by atoms with Crippen molar-refractivity contribution in [1.29, 1.82) is 0 Å². The molecule has 0 radical (unpaired) electrons. The first-order valence-corrected chi connectivity index (χ1v) is 7.80. The van der Waals surface area contributed by atoms with Crippen molar-refractivity contribution in [3.05, 3.63) is 34.9 Å². The van der Waals surface area contributed by atoms with Gasteiger partial charge < -0.3 is 14.5 Å². The molecular weight excluding hydrogens is 264 g/mol. The van der Waals surface area contributed by atoms with E-state index in [1.165, 1.54) is 11.1 Å². The summed E-state index contributed by atoms with van der Waals surface area (Å²) in [6, 6.07) is 6.25. The minimum absolute atomic E-state index is 0.148. The molecule has 4 nitrogen and oxygen atoms in total. The molecule has 1 aromatic carbocycles. The highest BCUT2D eigenvalue weighted by atomic mass is 16.5. The summed E-state index contributed by atoms with van der Waals surface area (Å²) in [5, 5.41) is 0. The summed E-state index contributed by atoms with van der Waals surface area (Å²) in [6.45, 7) is 3.69. The van der Waals surface area contributed by atoms with Crippen molar-refractivity contribution in [2.75, 3.05) is 40.3 Å². The second-order valence-electron chi connectivity index (χ2n) is 6.18. The van der Waals surface area contributed by atoms with Crippen LogP contribution in [0, 0.1) is 0 Å². The number of carbonyl (C=O) groups is 1. The highest BCUT2D eigenvalue weighted by Crippen LogP contribution is 2.20. The third-order valence-corrected chi connectivity index (χ3v) is 4.74. The lowest BCUT2D eigenvalue weighted by Gasteiger charge is -2.17. The second kappa shape index (κ2) is 6.16. The van der Waals surface area contributed by atoms with Crippen LogP contribution in [0.4, 0.5) is 0 Å². The standard InChI is InChI=1S/C17H24N2O2/c1-18-8-5-13-3-4-15(11-14(13)6-9-18)17(20)19-10-7-16(12-19)21-2/h3-4,11,16H,5-10,12H2,1-2H3/t16-/m1/s1. The Balaban J connectivity index is 1.76. The summed E-state index contributed by atoms with van der Waals surface area (Å²) >= 11 is 0. The highest BCUT2D eigenvalue weighted by molar-refractivity contribution is 5.94. The van der Waals surface area contributed by atoms with Crippen LogP contribution in [-0.4, -0.2) is 62.1 Å². The van der Waals surface area contributed by atoms with E-state index in [0.717, 1.165) is 51.0 Å². The maximum atomic E-state index is 12.6. The molecule has 1 aromatic rings. The van der Waals surface area contributed by atoms with Crippen LogP contribution in [0.1, 0.15) is 27.9 Å². The van der Waals surface area contributed by atoms with E-state index in [1.807, 2.05) is 11.0 Å². The van der Waals surface area contributed by atoms with E-state index in [0.29, 0.717) is 0 Å². The SMILES string of the molecule is CO[C@@H]1CCN(C(=O)c2ccc3c(c2)CCN(C)CC3)C1. The van der Waals surface area contributed by atoms with Gasteiger partial charge in [0.05, 0.1) is 6.10 Å². The molecule has 1 saturated heterocycles. The molecule has 0 unspecified atom stereocenters. The Morgan fingerprint density at radius 1 is 1.19 bits per heavy atom. The van der Waals surface area contributed by atoms with Gasteiger partial charge in [-0.2, -0.15) is 0 Å². The fourth-order valence-corrected chi connectivity index (χ4v) is 3.26. The first-order valence-electron chi connectivity index (χ1n) is 7.80. The Hall–Kier alpha value is -1.39. The van der Waals surface area contributed by atoms with Gasteiger partial charge in [0, 0.05) is 38.9 Å². The molecule has 0 bridgehead atoms. The second-order valence-corrected chi connectivity index (χ2v) is 6.18. The predicted molar refractivity (Wildman–Crippen MR) is 82.7 cm³/mol. The molecule has 2 aliphatic heterocycles. The predicted octanol–water partition coefficient (Wildman–Crippen LogP) is 1.58. The lowest BCUT2D eigenvalue weighted by atomic mass is 9.99. The number of rotatable bonds is 2. The van der Waals surface area contributed by atoms with Gasteiger partial charge in [0.1, 0.15) is 0 Å². The monoisotopic (exact) mass is 288 g/mol. The van der Waals surface area contributed by atoms with Crippen molar-refractivity contribution in [2.45, 2.75) is 25.4 Å². The zero-order valence-electron chi connectivity index (χ0n) is 13.0. The van der Waals surface area contributed by atoms with E-state index < -0.39 is 0 Å². The van der Waals surface area contributed by atoms with Gasteiger partial charge in [0.15, 0.2) is 0 Å². The van der Waals surface area contributed by atoms with Gasteiger partial charge in [0.2, 0.25) is 0 Å². The Bertz CT molecular complexity index is 530. The molecule has 1 amide bonds. The van der Waals surface area contributed by atoms with E-state index >= 15 is 0 Å². The summed E-state index contributed by atoms with van der Waals surface area (Å²) < 4.78 is 5.35. The molecule has 0 saturated carbocycles. The van der Waals surface area contributed by atoms with E-state index in [9.17, 15) is 4.79 Å². The lowest BCUT2D eigenvalue weighted by Crippen LogP contribution is -2.30. The van der Waals surface area contributed by atoms with Crippen LogP contribution in [0.3, 0.4) is 0 Å². The third-order valence-electron chi connectivity index (χ3n) is 4.74. The van der Waals surface area contributed by atoms with E-state index in [4.69, 9.17) is 4.74 Å². The van der Waals surface area contributed by atoms with Crippen molar-refractivity contribution in [2.24, 2.45) is 0 Å². The first-order chi connectivity index (χ1) is 10.2. The molecule has 1 atom stereocenters. The summed E-state index contributed by atoms with van der Waals surface area (Å²) in [5.41, 5.74) is 3.56. The number of hydrogen-bond donors (Lipinski definition) is 0. The maximum Gasteiger partial charge on any atom is 0.253 e. The summed E-state index contributed by atoms with van der Waals surface area (Å²) in [5.74, 6) is 0.148. The fraction of sp³-hybridized carbons (Fsp3) is 0.588. The molecule has 2 aliphatic rings. The van der Waals surface area contributed by atoms with Crippen molar-refractivity contribution in [3.8, 4) is 0 Å². The van der Waals surface area contributed by atoms with Crippen molar-refractivity contribution >= 4 is 5.91 Å². The van der Waals surface area contributed by atoms with Crippen molar-refractivity contribution in [3.63, 3.8) is 0 Å². The van der Waals surface area contributed by atoms with Crippen LogP contribution in [0.2, 0.25) is 0 Å². The topological polar surface area (TPSA) is 32.8 Å². The van der Waals surface area contributed by atoms with Crippen LogP contribution in [0.15, 0.2) is 18.2 Å². The van der Waals surface area contributed by atoms with Crippen LogP contribution in [0.5, 0.6) is 0 Å². The zero-order chi connectivity index (χ0) is 14.8. The van der Waals surface area contributed by atoms with E-state index in [-0.39, 0.29) is 12.0 Å². The van der Waals surface area contributed by atoms with Gasteiger partial charge in [-0.3, -0.25) is 4.79 Å². The maximum absolute atomic E-state index is 12.6. The van der Waals surface area contributed by atoms with Crippen LogP contribution in [-0.2, 0) is 17.6 Å². The number of ether oxygens (including phenoxy) is 1. The van der Waals surface area contributed by atoms with Crippen molar-refractivity contribution < 1.29 is 9.53 Å². The van der Waals surface area contributed by atoms with Crippen LogP contribution >= 0.6 is 0 Å². The van der Waals surface area contributed by atoms with Crippen molar-refractivity contribution in [1.82, 2.24) is 9.80 Å². The minimum Gasteiger partial charge on any atom is -0.380 e. The minimum atomic E-state index is 0.148. The molecule has 4 heteroatoms. The lowest BCUT2D eigenvalue weighted by molar-refractivity contribution is 0.0724. The number of methoxy groups -OCH3 is 1. The molecule has 0 N–H and O–H groups in total. The Morgan fingerprint density at radius 3 is 2.67 bits per heavy atom. The molecule has 1 fully saturated rings. The number of amides is 1. The number of likely N-dealkylation sites (N-methyl/N-ethyl adjacent to an activating group) is 1. The third kappa shape index (κ3) is 3.11. The molecular formula is C17H24N2O2. The van der Waals surface area contributed by atoms with Gasteiger partial charge in [-0.05, 0) is 49.6 Å². The van der Waals surface area contributed by atoms with Gasteiger partial charge in [0.25, 0.3) is 5.91 Å². The van der Waals surface area contributed by atoms with Gasteiger partial charge in [-0.25, -0.2) is 0 Å². The first kappa shape index (κ1) is 14.5. The number of carbonyl (C=O) groups excluding carboxylic acids is 1. The number of likely N-dealkylation sites (tertiary alicyclic amines) is 1. The largest absolute Gasteiger partial charge is 0.380 e. The van der Waals surface area contributed by atoms with E-state index in [1.54, 1.807) is 7.11 Å². The summed E-state index contributed by atoms with van der Waals surface area (Å²) in [6.07, 6.45) is 3.25. The quantitative estimate of drug-likeness (QED) is 0.828. The van der Waals surface area contributed by atoms with E-state index in [2.05, 4.69) is 24.1 Å². The highest BCUT2D eigenvalue weighted by Gasteiger charge is 2.27. The number of nitrogens with zero attached hydrogens (tertiary/aromatic N) is 2. The van der Waals surface area contributed by atoms with Crippen LogP contribution in [0.25, 0.3) is 0 Å². The normalized spacial score (nSPS) is 23.0. The molecule has 114 valence electrons. The molecule has 2 heterocycles. The zero-order valence-corrected chi connectivity index (χ0v) is 13.0. The molecule has 0 spiro atoms. The summed E-state index contributed by atoms with van der Waals surface area (Å²) in [7, 11) is 3.88. The smallest absolute Gasteiger partial charge is 0.253 e. The van der Waals surface area contributed by atoms with Gasteiger partial charge in [-0.15, -0.1) is 0 Å². The Labute approximate surface area is 126 Å². The van der Waals surface area contributed by atoms with Gasteiger partial charge >= 0.3 is 0 Å². The number of benzene rings is 1. The molecule has 0 aromatic heterocycles. The Kier molecular flexibility index (Phi) is 4.27. The fourth-order valence-electron chi connectivity index (χ4n) is 3.26. The average Bonchev–Trinajstić information content (AvgIpc) is 2.91. The summed E-state index contributed by atoms with van der Waals surface area (Å²) in [4.78, 5) is 16.9. The van der Waals surface area contributed by atoms with Crippen LogP contribution < -0.4 is 0 Å². The number of fused-ring (bicyclic) bond motifs is 1. The molecule has 3 rings (SSSR count). The Morgan fingerprint density at radius 2 is 1.95 bits per heavy atom. The molecule has 0 aliphatic carbocycles. The number of hydrogen-bond acceptors (Lipinski definition) is 3. The molecule has 21 heavy (non-hydrogen) atoms.